The number of hydrogen-bond donors (Lipinski definition) is 0. The predicted octanol–water partition coefficient (Wildman–Crippen LogP) is 6.22. The first-order valence-electron chi connectivity index (χ1n) is 11.4. The maximum Gasteiger partial charge on any atom is 0.259 e. The maximum absolute atomic E-state index is 13.7. The number of rotatable bonds is 1. The molecule has 0 bridgehead atoms. The van der Waals surface area contributed by atoms with E-state index in [-0.39, 0.29) is 23.3 Å². The molecule has 3 atom stereocenters. The van der Waals surface area contributed by atoms with Crippen molar-refractivity contribution in [2.24, 2.45) is 5.92 Å². The maximum atomic E-state index is 13.7. The van der Waals surface area contributed by atoms with Crippen LogP contribution in [-0.4, -0.2) is 5.91 Å². The summed E-state index contributed by atoms with van der Waals surface area (Å²) >= 11 is 0. The van der Waals surface area contributed by atoms with Crippen molar-refractivity contribution in [3.05, 3.63) is 136 Å². The highest BCUT2D eigenvalue weighted by Gasteiger charge is 2.60. The van der Waals surface area contributed by atoms with E-state index in [1.807, 2.05) is 12.1 Å². The fourth-order valence-electron chi connectivity index (χ4n) is 6.77. The van der Waals surface area contributed by atoms with E-state index in [0.29, 0.717) is 0 Å². The summed E-state index contributed by atoms with van der Waals surface area (Å²) in [6.07, 6.45) is 0.960. The van der Waals surface area contributed by atoms with Gasteiger partial charge in [-0.15, -0.1) is 0 Å². The van der Waals surface area contributed by atoms with E-state index in [4.69, 9.17) is 0 Å². The molecule has 1 aliphatic carbocycles. The molecule has 0 aromatic heterocycles. The van der Waals surface area contributed by atoms with Gasteiger partial charge >= 0.3 is 0 Å². The lowest BCUT2D eigenvalue weighted by Gasteiger charge is -2.49. The lowest BCUT2D eigenvalue weighted by Crippen LogP contribution is -2.48. The smallest absolute Gasteiger partial charge is 0.259 e. The van der Waals surface area contributed by atoms with Crippen molar-refractivity contribution in [3.63, 3.8) is 0 Å². The van der Waals surface area contributed by atoms with Gasteiger partial charge in [0.15, 0.2) is 0 Å². The minimum atomic E-state index is -0.280. The van der Waals surface area contributed by atoms with E-state index < -0.39 is 0 Å². The van der Waals surface area contributed by atoms with Crippen LogP contribution in [-0.2, 0) is 11.8 Å². The Morgan fingerprint density at radius 3 is 2.44 bits per heavy atom. The van der Waals surface area contributed by atoms with Gasteiger partial charge in [0.2, 0.25) is 0 Å². The Morgan fingerprint density at radius 1 is 0.812 bits per heavy atom. The van der Waals surface area contributed by atoms with E-state index >= 15 is 0 Å². The lowest BCUT2D eigenvalue weighted by molar-refractivity contribution is 0.0977. The fourth-order valence-corrected chi connectivity index (χ4v) is 6.77. The molecule has 4 aromatic carbocycles. The highest BCUT2D eigenvalue weighted by molar-refractivity contribution is 6.12. The molecule has 4 aromatic rings. The standard InChI is InChI=1S/C30H23NO/c1-19-15-16-27-25(17-19)30(21-10-3-2-4-11-21)24-14-8-5-9-20(24)18-26(30)28-22-12-6-7-13-23(22)29(32)31(27)28/h2-17,26,28H,18H2,1H3/t26-,28-,30+/m0/s1. The Labute approximate surface area is 188 Å². The molecule has 154 valence electrons. The van der Waals surface area contributed by atoms with E-state index in [0.717, 1.165) is 17.7 Å². The third-order valence-corrected chi connectivity index (χ3v) is 7.89. The number of hydrogen-bond acceptors (Lipinski definition) is 1. The Hall–Kier alpha value is -3.65. The van der Waals surface area contributed by atoms with Gasteiger partial charge in [0, 0.05) is 17.2 Å². The van der Waals surface area contributed by atoms with Crippen molar-refractivity contribution in [2.75, 3.05) is 4.90 Å². The SMILES string of the molecule is Cc1ccc2c(c1)[C@@]1(c3ccccc3)c3ccccc3C[C@H]1[C@@H]1c3ccccc3C(=O)N21. The van der Waals surface area contributed by atoms with Gasteiger partial charge in [0.1, 0.15) is 0 Å². The molecule has 2 nitrogen and oxygen atoms in total. The van der Waals surface area contributed by atoms with E-state index in [9.17, 15) is 4.79 Å². The van der Waals surface area contributed by atoms with Gasteiger partial charge in [0.25, 0.3) is 5.91 Å². The summed E-state index contributed by atoms with van der Waals surface area (Å²) in [5.41, 5.74) is 9.38. The van der Waals surface area contributed by atoms with Crippen molar-refractivity contribution in [3.8, 4) is 0 Å². The highest BCUT2D eigenvalue weighted by atomic mass is 16.2. The lowest BCUT2D eigenvalue weighted by atomic mass is 9.59. The number of carbonyl (C=O) groups excluding carboxylic acids is 1. The Morgan fingerprint density at radius 2 is 1.56 bits per heavy atom. The zero-order valence-corrected chi connectivity index (χ0v) is 18.0. The van der Waals surface area contributed by atoms with Gasteiger partial charge in [-0.1, -0.05) is 90.5 Å². The summed E-state index contributed by atoms with van der Waals surface area (Å²) in [7, 11) is 0. The van der Waals surface area contributed by atoms with Crippen molar-refractivity contribution in [1.82, 2.24) is 0 Å². The Balaban J connectivity index is 1.65. The van der Waals surface area contributed by atoms with Gasteiger partial charge in [0.05, 0.1) is 11.5 Å². The number of benzene rings is 4. The van der Waals surface area contributed by atoms with Crippen molar-refractivity contribution >= 4 is 11.6 Å². The summed E-state index contributed by atoms with van der Waals surface area (Å²) in [5.74, 6) is 0.373. The second-order valence-electron chi connectivity index (χ2n) is 9.37. The number of amides is 1. The van der Waals surface area contributed by atoms with Crippen LogP contribution in [0.15, 0.2) is 97.1 Å². The zero-order valence-electron chi connectivity index (χ0n) is 18.0. The minimum Gasteiger partial charge on any atom is -0.300 e. The predicted molar refractivity (Wildman–Crippen MR) is 127 cm³/mol. The Kier molecular flexibility index (Phi) is 3.48. The highest BCUT2D eigenvalue weighted by Crippen LogP contribution is 2.64. The quantitative estimate of drug-likeness (QED) is 0.363. The van der Waals surface area contributed by atoms with Gasteiger partial charge in [-0.25, -0.2) is 0 Å². The van der Waals surface area contributed by atoms with Crippen LogP contribution in [0.25, 0.3) is 0 Å². The van der Waals surface area contributed by atoms with Gasteiger partial charge in [-0.05, 0) is 53.3 Å². The monoisotopic (exact) mass is 413 g/mol. The van der Waals surface area contributed by atoms with Crippen LogP contribution in [0, 0.1) is 12.8 Å². The van der Waals surface area contributed by atoms with Gasteiger partial charge < -0.3 is 4.90 Å². The molecule has 0 saturated heterocycles. The van der Waals surface area contributed by atoms with Crippen LogP contribution < -0.4 is 4.90 Å². The molecule has 0 fully saturated rings. The largest absolute Gasteiger partial charge is 0.300 e. The molecule has 2 aliphatic heterocycles. The molecular formula is C30H23NO. The van der Waals surface area contributed by atoms with Crippen molar-refractivity contribution < 1.29 is 4.79 Å². The Bertz CT molecular complexity index is 1410. The first-order valence-corrected chi connectivity index (χ1v) is 11.4. The first kappa shape index (κ1) is 18.0. The van der Waals surface area contributed by atoms with Crippen LogP contribution in [0.1, 0.15) is 49.8 Å². The van der Waals surface area contributed by atoms with Crippen molar-refractivity contribution in [1.29, 1.82) is 0 Å². The van der Waals surface area contributed by atoms with Crippen molar-refractivity contribution in [2.45, 2.75) is 24.8 Å². The molecule has 0 spiro atoms. The molecular weight excluding hydrogens is 390 g/mol. The minimum absolute atomic E-state index is 0.0292. The third-order valence-electron chi connectivity index (χ3n) is 7.89. The van der Waals surface area contributed by atoms with Gasteiger partial charge in [-0.2, -0.15) is 0 Å². The van der Waals surface area contributed by atoms with Crippen LogP contribution in [0.3, 0.4) is 0 Å². The molecule has 0 saturated carbocycles. The summed E-state index contributed by atoms with van der Waals surface area (Å²) in [6.45, 7) is 2.15. The number of aryl methyl sites for hydroxylation is 1. The van der Waals surface area contributed by atoms with E-state index in [1.54, 1.807) is 0 Å². The average molecular weight is 414 g/mol. The van der Waals surface area contributed by atoms with E-state index in [2.05, 4.69) is 96.8 Å². The average Bonchev–Trinajstić information content (AvgIpc) is 3.34. The summed E-state index contributed by atoms with van der Waals surface area (Å²) in [5, 5.41) is 0. The van der Waals surface area contributed by atoms with Crippen LogP contribution in [0.4, 0.5) is 5.69 Å². The number of nitrogens with zero attached hydrogens (tertiary/aromatic N) is 1. The van der Waals surface area contributed by atoms with Crippen LogP contribution in [0.5, 0.6) is 0 Å². The fraction of sp³-hybridized carbons (Fsp3) is 0.167. The topological polar surface area (TPSA) is 20.3 Å². The number of anilines is 1. The molecule has 0 N–H and O–H groups in total. The summed E-state index contributed by atoms with van der Waals surface area (Å²) in [4.78, 5) is 15.8. The molecule has 1 amide bonds. The molecule has 0 radical (unpaired) electrons. The number of fused-ring (bicyclic) bond motifs is 10. The normalized spacial score (nSPS) is 24.4. The van der Waals surface area contributed by atoms with Gasteiger partial charge in [-0.3, -0.25) is 4.79 Å². The van der Waals surface area contributed by atoms with E-state index in [1.165, 1.54) is 33.4 Å². The van der Waals surface area contributed by atoms with Crippen LogP contribution in [0.2, 0.25) is 0 Å². The first-order chi connectivity index (χ1) is 15.7. The van der Waals surface area contributed by atoms with Crippen LogP contribution >= 0.6 is 0 Å². The summed E-state index contributed by atoms with van der Waals surface area (Å²) in [6, 6.07) is 34.7. The molecule has 2 heteroatoms. The molecule has 0 unspecified atom stereocenters. The second kappa shape index (κ2) is 6.20. The molecule has 2 heterocycles. The third kappa shape index (κ3) is 2.03. The molecule has 7 rings (SSSR count). The summed E-state index contributed by atoms with van der Waals surface area (Å²) < 4.78 is 0. The molecule has 3 aliphatic rings. The second-order valence-corrected chi connectivity index (χ2v) is 9.37. The zero-order chi connectivity index (χ0) is 21.4. The molecule has 32 heavy (non-hydrogen) atoms. The number of carbonyl (C=O) groups is 1.